The van der Waals surface area contributed by atoms with E-state index < -0.39 is 6.10 Å². The fourth-order valence-corrected chi connectivity index (χ4v) is 2.31. The van der Waals surface area contributed by atoms with E-state index in [1.807, 2.05) is 11.8 Å². The van der Waals surface area contributed by atoms with E-state index in [1.165, 1.54) is 0 Å². The Balaban J connectivity index is 2.50. The van der Waals surface area contributed by atoms with Gasteiger partial charge in [0.05, 0.1) is 22.7 Å². The molecule has 4 nitrogen and oxygen atoms in total. The standard InChI is InChI=1S/C14H18Cl2N2O2/c1-2-7-18(8-6-17)9-11(19)10-20-14-12(15)4-3-5-13(14)16/h3-5,11,19H,2,7-10H2,1H3. The molecule has 0 aromatic heterocycles. The summed E-state index contributed by atoms with van der Waals surface area (Å²) in [6.07, 6.45) is 0.216. The topological polar surface area (TPSA) is 56.5 Å². The van der Waals surface area contributed by atoms with Crippen LogP contribution in [-0.2, 0) is 0 Å². The van der Waals surface area contributed by atoms with E-state index in [1.54, 1.807) is 18.2 Å². The Kier molecular flexibility index (Phi) is 7.71. The third-order valence-corrected chi connectivity index (χ3v) is 3.24. The summed E-state index contributed by atoms with van der Waals surface area (Å²) >= 11 is 11.9. The molecular formula is C14H18Cl2N2O2. The van der Waals surface area contributed by atoms with Gasteiger partial charge in [-0.15, -0.1) is 0 Å². The Hall–Kier alpha value is -0.990. The zero-order valence-corrected chi connectivity index (χ0v) is 12.9. The monoisotopic (exact) mass is 316 g/mol. The van der Waals surface area contributed by atoms with Gasteiger partial charge < -0.3 is 9.84 Å². The van der Waals surface area contributed by atoms with Crippen LogP contribution in [0.25, 0.3) is 0 Å². The third-order valence-electron chi connectivity index (χ3n) is 2.64. The predicted octanol–water partition coefficient (Wildman–Crippen LogP) is 2.97. The SMILES string of the molecule is CCCN(CC#N)CC(O)COc1c(Cl)cccc1Cl. The molecule has 1 aromatic rings. The molecule has 0 amide bonds. The maximum atomic E-state index is 9.95. The van der Waals surface area contributed by atoms with Gasteiger partial charge >= 0.3 is 0 Å². The molecular weight excluding hydrogens is 299 g/mol. The highest BCUT2D eigenvalue weighted by Crippen LogP contribution is 2.32. The summed E-state index contributed by atoms with van der Waals surface area (Å²) in [6, 6.07) is 7.16. The number of aliphatic hydroxyl groups excluding tert-OH is 1. The van der Waals surface area contributed by atoms with Gasteiger partial charge in [0.1, 0.15) is 12.7 Å². The zero-order valence-electron chi connectivity index (χ0n) is 11.4. The average molecular weight is 317 g/mol. The molecule has 1 rings (SSSR count). The van der Waals surface area contributed by atoms with Gasteiger partial charge in [0.25, 0.3) is 0 Å². The Labute approximate surface area is 129 Å². The van der Waals surface area contributed by atoms with Crippen LogP contribution in [0, 0.1) is 11.3 Å². The Morgan fingerprint density at radius 2 is 2.05 bits per heavy atom. The first-order chi connectivity index (χ1) is 9.58. The lowest BCUT2D eigenvalue weighted by atomic mass is 10.3. The fourth-order valence-electron chi connectivity index (χ4n) is 1.80. The number of hydrogen-bond donors (Lipinski definition) is 1. The second kappa shape index (κ2) is 9.04. The van der Waals surface area contributed by atoms with Crippen molar-refractivity contribution in [2.24, 2.45) is 0 Å². The zero-order chi connectivity index (χ0) is 15.0. The van der Waals surface area contributed by atoms with Crippen molar-refractivity contribution in [1.82, 2.24) is 4.90 Å². The van der Waals surface area contributed by atoms with Crippen molar-refractivity contribution in [1.29, 1.82) is 5.26 Å². The lowest BCUT2D eigenvalue weighted by Gasteiger charge is -2.22. The number of benzene rings is 1. The first-order valence-corrected chi connectivity index (χ1v) is 7.18. The number of aliphatic hydroxyl groups is 1. The lowest BCUT2D eigenvalue weighted by Crippen LogP contribution is -2.36. The molecule has 6 heteroatoms. The minimum atomic E-state index is -0.706. The van der Waals surface area contributed by atoms with Crippen molar-refractivity contribution < 1.29 is 9.84 Å². The molecule has 0 bridgehead atoms. The van der Waals surface area contributed by atoms with E-state index >= 15 is 0 Å². The summed E-state index contributed by atoms with van der Waals surface area (Å²) in [5, 5.41) is 19.5. The molecule has 0 radical (unpaired) electrons. The highest BCUT2D eigenvalue weighted by atomic mass is 35.5. The van der Waals surface area contributed by atoms with Gasteiger partial charge in [-0.25, -0.2) is 0 Å². The van der Waals surface area contributed by atoms with E-state index in [0.29, 0.717) is 22.3 Å². The van der Waals surface area contributed by atoms with Crippen LogP contribution < -0.4 is 4.74 Å². The van der Waals surface area contributed by atoms with Gasteiger partial charge in [-0.3, -0.25) is 4.90 Å². The normalized spacial score (nSPS) is 12.2. The van der Waals surface area contributed by atoms with Crippen LogP contribution in [0.15, 0.2) is 18.2 Å². The largest absolute Gasteiger partial charge is 0.488 e. The quantitative estimate of drug-likeness (QED) is 0.749. The van der Waals surface area contributed by atoms with Gasteiger partial charge in [-0.05, 0) is 25.1 Å². The number of rotatable bonds is 8. The van der Waals surface area contributed by atoms with Crippen LogP contribution in [0.5, 0.6) is 5.75 Å². The highest BCUT2D eigenvalue weighted by Gasteiger charge is 2.13. The Morgan fingerprint density at radius 1 is 1.40 bits per heavy atom. The summed E-state index contributed by atoms with van der Waals surface area (Å²) in [5.74, 6) is 0.372. The molecule has 0 heterocycles. The van der Waals surface area contributed by atoms with Crippen LogP contribution in [0.3, 0.4) is 0 Å². The molecule has 0 spiro atoms. The van der Waals surface area contributed by atoms with Gasteiger partial charge in [0.2, 0.25) is 0 Å². The van der Waals surface area contributed by atoms with Gasteiger partial charge in [0.15, 0.2) is 5.75 Å². The molecule has 1 atom stereocenters. The smallest absolute Gasteiger partial charge is 0.156 e. The first kappa shape index (κ1) is 17.1. The maximum Gasteiger partial charge on any atom is 0.156 e. The van der Waals surface area contributed by atoms with Crippen LogP contribution in [-0.4, -0.2) is 42.4 Å². The molecule has 0 fully saturated rings. The van der Waals surface area contributed by atoms with Gasteiger partial charge in [-0.2, -0.15) is 5.26 Å². The van der Waals surface area contributed by atoms with E-state index in [-0.39, 0.29) is 13.2 Å². The predicted molar refractivity (Wildman–Crippen MR) is 80.3 cm³/mol. The molecule has 1 unspecified atom stereocenters. The fraction of sp³-hybridized carbons (Fsp3) is 0.500. The summed E-state index contributed by atoms with van der Waals surface area (Å²) in [4.78, 5) is 1.88. The van der Waals surface area contributed by atoms with Crippen molar-refractivity contribution >= 4 is 23.2 Å². The van der Waals surface area contributed by atoms with E-state index in [9.17, 15) is 5.11 Å². The molecule has 0 saturated heterocycles. The molecule has 0 saturated carbocycles. The van der Waals surface area contributed by atoms with E-state index in [2.05, 4.69) is 6.07 Å². The van der Waals surface area contributed by atoms with Crippen molar-refractivity contribution in [3.05, 3.63) is 28.2 Å². The van der Waals surface area contributed by atoms with Crippen molar-refractivity contribution in [2.75, 3.05) is 26.2 Å². The summed E-state index contributed by atoms with van der Waals surface area (Å²) in [7, 11) is 0. The number of nitriles is 1. The van der Waals surface area contributed by atoms with Gasteiger partial charge in [-0.1, -0.05) is 36.2 Å². The number of halogens is 2. The minimum Gasteiger partial charge on any atom is -0.488 e. The molecule has 0 aliphatic carbocycles. The summed E-state index contributed by atoms with van der Waals surface area (Å²) in [5.41, 5.74) is 0. The Morgan fingerprint density at radius 3 is 2.60 bits per heavy atom. The van der Waals surface area contributed by atoms with Crippen molar-refractivity contribution in [3.8, 4) is 11.8 Å². The van der Waals surface area contributed by atoms with E-state index in [4.69, 9.17) is 33.2 Å². The third kappa shape index (κ3) is 5.56. The first-order valence-electron chi connectivity index (χ1n) is 6.42. The molecule has 1 aromatic carbocycles. The van der Waals surface area contributed by atoms with Crippen molar-refractivity contribution in [2.45, 2.75) is 19.4 Å². The molecule has 110 valence electrons. The summed E-state index contributed by atoms with van der Waals surface area (Å²) in [6.45, 7) is 3.53. The molecule has 0 aliphatic heterocycles. The lowest BCUT2D eigenvalue weighted by molar-refractivity contribution is 0.0725. The van der Waals surface area contributed by atoms with Crippen LogP contribution >= 0.6 is 23.2 Å². The van der Waals surface area contributed by atoms with Crippen LogP contribution in [0.1, 0.15) is 13.3 Å². The number of nitrogens with zero attached hydrogens (tertiary/aromatic N) is 2. The highest BCUT2D eigenvalue weighted by molar-refractivity contribution is 6.37. The summed E-state index contributed by atoms with van der Waals surface area (Å²) < 4.78 is 5.46. The molecule has 1 N–H and O–H groups in total. The number of para-hydroxylation sites is 1. The molecule has 20 heavy (non-hydrogen) atoms. The van der Waals surface area contributed by atoms with E-state index in [0.717, 1.165) is 13.0 Å². The maximum absolute atomic E-state index is 9.95. The Bertz CT molecular complexity index is 443. The number of ether oxygens (including phenoxy) is 1. The van der Waals surface area contributed by atoms with Crippen LogP contribution in [0.4, 0.5) is 0 Å². The van der Waals surface area contributed by atoms with Crippen molar-refractivity contribution in [3.63, 3.8) is 0 Å². The minimum absolute atomic E-state index is 0.0785. The second-order valence-corrected chi connectivity index (χ2v) is 5.22. The number of hydrogen-bond acceptors (Lipinski definition) is 4. The average Bonchev–Trinajstić information content (AvgIpc) is 2.38. The molecule has 0 aliphatic rings. The second-order valence-electron chi connectivity index (χ2n) is 4.41. The van der Waals surface area contributed by atoms with Crippen LogP contribution in [0.2, 0.25) is 10.0 Å². The van der Waals surface area contributed by atoms with Gasteiger partial charge in [0, 0.05) is 6.54 Å².